The first-order valence-corrected chi connectivity index (χ1v) is 7.25. The molecule has 1 aliphatic heterocycles. The number of rotatable bonds is 7. The van der Waals surface area contributed by atoms with E-state index in [0.29, 0.717) is 19.6 Å². The molecule has 3 N–H and O–H groups in total. The topological polar surface area (TPSA) is 102 Å². The Hall–Kier alpha value is -1.83. The second kappa shape index (κ2) is 8.46. The first-order valence-electron chi connectivity index (χ1n) is 7.25. The van der Waals surface area contributed by atoms with Gasteiger partial charge in [0, 0.05) is 26.2 Å². The van der Waals surface area contributed by atoms with E-state index in [4.69, 9.17) is 5.11 Å². The average molecular weight is 300 g/mol. The molecular formula is C13H24N4O4. The summed E-state index contributed by atoms with van der Waals surface area (Å²) in [6.07, 6.45) is -0.380. The van der Waals surface area contributed by atoms with Crippen LogP contribution in [0.4, 0.5) is 4.79 Å². The van der Waals surface area contributed by atoms with E-state index in [1.165, 1.54) is 4.90 Å². The second-order valence-electron chi connectivity index (χ2n) is 4.86. The second-order valence-corrected chi connectivity index (χ2v) is 4.86. The van der Waals surface area contributed by atoms with Crippen LogP contribution in [0.5, 0.6) is 0 Å². The van der Waals surface area contributed by atoms with E-state index in [-0.39, 0.29) is 12.5 Å². The fraction of sp³-hybridized carbons (Fsp3) is 0.769. The third-order valence-electron chi connectivity index (χ3n) is 3.56. The van der Waals surface area contributed by atoms with E-state index in [2.05, 4.69) is 15.5 Å². The van der Waals surface area contributed by atoms with Gasteiger partial charge in [0.05, 0.1) is 6.42 Å². The molecule has 1 fully saturated rings. The predicted molar refractivity (Wildman–Crippen MR) is 76.9 cm³/mol. The molecule has 120 valence electrons. The van der Waals surface area contributed by atoms with Crippen molar-refractivity contribution in [2.24, 2.45) is 0 Å². The quantitative estimate of drug-likeness (QED) is 0.578. The Morgan fingerprint density at radius 1 is 1.43 bits per heavy atom. The highest BCUT2D eigenvalue weighted by Gasteiger charge is 2.34. The van der Waals surface area contributed by atoms with Crippen molar-refractivity contribution in [3.05, 3.63) is 0 Å². The highest BCUT2D eigenvalue weighted by atomic mass is 16.4. The van der Waals surface area contributed by atoms with Gasteiger partial charge in [0.1, 0.15) is 6.04 Å². The molecule has 0 saturated carbocycles. The van der Waals surface area contributed by atoms with Crippen LogP contribution in [0.2, 0.25) is 0 Å². The first-order chi connectivity index (χ1) is 9.99. The van der Waals surface area contributed by atoms with Gasteiger partial charge in [-0.1, -0.05) is 13.8 Å². The van der Waals surface area contributed by atoms with E-state index >= 15 is 0 Å². The number of carbonyl (C=O) groups excluding carboxylic acids is 2. The SMILES string of the molecule is CCN(CC)CCNC(=O)N1CCNC(=O)C1CC(=O)O. The molecule has 3 amide bonds. The number of hydrogen-bond acceptors (Lipinski definition) is 4. The molecule has 0 aromatic rings. The third kappa shape index (κ3) is 5.22. The standard InChI is InChI=1S/C13H24N4O4/c1-3-16(4-2)7-5-15-13(21)17-8-6-14-12(20)10(17)9-11(18)19/h10H,3-9H2,1-2H3,(H,14,20)(H,15,21)(H,18,19). The summed E-state index contributed by atoms with van der Waals surface area (Å²) in [5.74, 6) is -1.51. The predicted octanol–water partition coefficient (Wildman–Crippen LogP) is -0.687. The van der Waals surface area contributed by atoms with Crippen LogP contribution in [0.1, 0.15) is 20.3 Å². The van der Waals surface area contributed by atoms with Crippen molar-refractivity contribution in [1.82, 2.24) is 20.4 Å². The van der Waals surface area contributed by atoms with E-state index < -0.39 is 17.9 Å². The number of aliphatic carboxylic acids is 1. The molecule has 21 heavy (non-hydrogen) atoms. The van der Waals surface area contributed by atoms with Gasteiger partial charge in [-0.25, -0.2) is 4.79 Å². The van der Waals surface area contributed by atoms with Crippen LogP contribution in [0.15, 0.2) is 0 Å². The zero-order valence-electron chi connectivity index (χ0n) is 12.6. The summed E-state index contributed by atoms with van der Waals surface area (Å²) in [5, 5.41) is 14.2. The van der Waals surface area contributed by atoms with E-state index in [9.17, 15) is 14.4 Å². The molecule has 0 aliphatic carbocycles. The van der Waals surface area contributed by atoms with Crippen LogP contribution in [-0.2, 0) is 9.59 Å². The molecule has 1 unspecified atom stereocenters. The maximum absolute atomic E-state index is 12.1. The van der Waals surface area contributed by atoms with Crippen molar-refractivity contribution in [2.75, 3.05) is 39.3 Å². The lowest BCUT2D eigenvalue weighted by molar-refractivity contribution is -0.142. The van der Waals surface area contributed by atoms with Crippen LogP contribution >= 0.6 is 0 Å². The van der Waals surface area contributed by atoms with Gasteiger partial charge < -0.3 is 25.5 Å². The van der Waals surface area contributed by atoms with Crippen LogP contribution in [0.25, 0.3) is 0 Å². The normalized spacial score (nSPS) is 18.5. The van der Waals surface area contributed by atoms with Gasteiger partial charge >= 0.3 is 12.0 Å². The van der Waals surface area contributed by atoms with E-state index in [1.54, 1.807) is 0 Å². The number of urea groups is 1. The largest absolute Gasteiger partial charge is 0.481 e. The Morgan fingerprint density at radius 2 is 2.10 bits per heavy atom. The van der Waals surface area contributed by atoms with Gasteiger partial charge in [-0.3, -0.25) is 9.59 Å². The monoisotopic (exact) mass is 300 g/mol. The van der Waals surface area contributed by atoms with Crippen LogP contribution < -0.4 is 10.6 Å². The van der Waals surface area contributed by atoms with E-state index in [1.807, 2.05) is 13.8 Å². The Morgan fingerprint density at radius 3 is 2.67 bits per heavy atom. The summed E-state index contributed by atoms with van der Waals surface area (Å²) in [4.78, 5) is 38.1. The first kappa shape index (κ1) is 17.2. The smallest absolute Gasteiger partial charge is 0.318 e. The average Bonchev–Trinajstić information content (AvgIpc) is 2.45. The molecule has 0 aromatic heterocycles. The molecule has 1 atom stereocenters. The Bertz CT molecular complexity index is 384. The van der Waals surface area contributed by atoms with Crippen LogP contribution in [0.3, 0.4) is 0 Å². The summed E-state index contributed by atoms with van der Waals surface area (Å²) >= 11 is 0. The maximum atomic E-state index is 12.1. The van der Waals surface area contributed by atoms with Gasteiger partial charge in [0.25, 0.3) is 0 Å². The Labute approximate surface area is 124 Å². The fourth-order valence-corrected chi connectivity index (χ4v) is 2.29. The van der Waals surface area contributed by atoms with Crippen molar-refractivity contribution < 1.29 is 19.5 Å². The summed E-state index contributed by atoms with van der Waals surface area (Å²) in [6, 6.07) is -1.33. The van der Waals surface area contributed by atoms with E-state index in [0.717, 1.165) is 19.6 Å². The van der Waals surface area contributed by atoms with Gasteiger partial charge in [0.15, 0.2) is 0 Å². The number of nitrogens with zero attached hydrogens (tertiary/aromatic N) is 2. The molecule has 1 saturated heterocycles. The summed E-state index contributed by atoms with van der Waals surface area (Å²) in [5.41, 5.74) is 0. The Kier molecular flexibility index (Phi) is 6.93. The zero-order valence-corrected chi connectivity index (χ0v) is 12.6. The van der Waals surface area contributed by atoms with Crippen molar-refractivity contribution in [3.63, 3.8) is 0 Å². The molecule has 8 nitrogen and oxygen atoms in total. The number of carboxylic acid groups (broad SMARTS) is 1. The lowest BCUT2D eigenvalue weighted by atomic mass is 10.1. The molecule has 0 bridgehead atoms. The number of amides is 3. The van der Waals surface area contributed by atoms with Gasteiger partial charge in [-0.05, 0) is 13.1 Å². The van der Waals surface area contributed by atoms with Gasteiger partial charge in [0.2, 0.25) is 5.91 Å². The molecule has 0 aromatic carbocycles. The summed E-state index contributed by atoms with van der Waals surface area (Å²) in [6.45, 7) is 7.76. The molecule has 8 heteroatoms. The number of hydrogen-bond donors (Lipinski definition) is 3. The van der Waals surface area contributed by atoms with Crippen molar-refractivity contribution in [3.8, 4) is 0 Å². The van der Waals surface area contributed by atoms with Crippen molar-refractivity contribution in [2.45, 2.75) is 26.3 Å². The number of piperazine rings is 1. The minimum atomic E-state index is -1.10. The molecule has 1 heterocycles. The highest BCUT2D eigenvalue weighted by molar-refractivity contribution is 5.91. The maximum Gasteiger partial charge on any atom is 0.318 e. The fourth-order valence-electron chi connectivity index (χ4n) is 2.29. The summed E-state index contributed by atoms with van der Waals surface area (Å²) < 4.78 is 0. The lowest BCUT2D eigenvalue weighted by Crippen LogP contribution is -2.60. The number of nitrogens with one attached hydrogen (secondary N) is 2. The molecular weight excluding hydrogens is 276 g/mol. The molecule has 1 rings (SSSR count). The van der Waals surface area contributed by atoms with Gasteiger partial charge in [-0.15, -0.1) is 0 Å². The van der Waals surface area contributed by atoms with Crippen molar-refractivity contribution >= 4 is 17.9 Å². The Balaban J connectivity index is 2.53. The zero-order chi connectivity index (χ0) is 15.8. The van der Waals surface area contributed by atoms with Crippen LogP contribution in [-0.4, -0.2) is 78.1 Å². The lowest BCUT2D eigenvalue weighted by Gasteiger charge is -2.34. The molecule has 0 radical (unpaired) electrons. The summed E-state index contributed by atoms with van der Waals surface area (Å²) in [7, 11) is 0. The third-order valence-corrected chi connectivity index (χ3v) is 3.56. The number of likely N-dealkylation sites (N-methyl/N-ethyl adjacent to an activating group) is 1. The molecule has 1 aliphatic rings. The minimum absolute atomic E-state index is 0.320. The van der Waals surface area contributed by atoms with Crippen LogP contribution in [0, 0.1) is 0 Å². The minimum Gasteiger partial charge on any atom is -0.481 e. The number of carboxylic acids is 1. The molecule has 0 spiro atoms. The van der Waals surface area contributed by atoms with Gasteiger partial charge in [-0.2, -0.15) is 0 Å². The number of carbonyl (C=O) groups is 3. The highest BCUT2D eigenvalue weighted by Crippen LogP contribution is 2.09. The van der Waals surface area contributed by atoms with Crippen molar-refractivity contribution in [1.29, 1.82) is 0 Å².